The number of nitrogens with zero attached hydrogens (tertiary/aromatic N) is 1. The zero-order valence-corrected chi connectivity index (χ0v) is 17.7. The van der Waals surface area contributed by atoms with E-state index < -0.39 is 53.5 Å². The summed E-state index contributed by atoms with van der Waals surface area (Å²) in [5.41, 5.74) is -0.595. The van der Waals surface area contributed by atoms with Gasteiger partial charge in [-0.3, -0.25) is 4.79 Å². The van der Waals surface area contributed by atoms with E-state index in [1.807, 2.05) is 0 Å². The molecule has 1 N–H and O–H groups in total. The maximum atomic E-state index is 14.7. The van der Waals surface area contributed by atoms with E-state index in [0.29, 0.717) is 12.8 Å². The number of ether oxygens (including phenoxy) is 1. The van der Waals surface area contributed by atoms with Gasteiger partial charge in [0.1, 0.15) is 17.3 Å². The maximum absolute atomic E-state index is 14.7. The molecule has 34 heavy (non-hydrogen) atoms. The van der Waals surface area contributed by atoms with Crippen LogP contribution in [0.3, 0.4) is 0 Å². The van der Waals surface area contributed by atoms with Crippen LogP contribution in [0.2, 0.25) is 0 Å². The van der Waals surface area contributed by atoms with Crippen LogP contribution < -0.4 is 5.32 Å². The summed E-state index contributed by atoms with van der Waals surface area (Å²) in [6.07, 6.45) is -4.28. The number of carbonyl (C=O) groups is 1. The van der Waals surface area contributed by atoms with E-state index >= 15 is 0 Å². The Morgan fingerprint density at radius 1 is 0.912 bits per heavy atom. The fourth-order valence-corrected chi connectivity index (χ4v) is 4.90. The second kappa shape index (κ2) is 8.47. The number of aromatic nitrogens is 1. The third-order valence-electron chi connectivity index (χ3n) is 6.38. The molecular weight excluding hydrogens is 455 g/mol. The molecule has 2 fully saturated rings. The van der Waals surface area contributed by atoms with Crippen LogP contribution in [0.5, 0.6) is 0 Å². The molecule has 2 saturated heterocycles. The van der Waals surface area contributed by atoms with Crippen LogP contribution in [0.15, 0.2) is 60.7 Å². The maximum Gasteiger partial charge on any atom is 0.433 e. The number of alkyl halides is 3. The standard InChI is InChI=1S/C25H19F5N2O2/c26-16-5-2-1-4-14(16)15-9-8-13(12-17(15)27)31-24(33)23-20-11-10-19(34-20)22(23)18-6-3-7-21(32-18)25(28,29)30/h1-9,12,19-20,22-23H,10-11H2,(H,31,33)/t19-,20+,22+,23-/m0/s1. The number of fused-ring (bicyclic) bond motifs is 2. The van der Waals surface area contributed by atoms with Crippen molar-refractivity contribution in [2.24, 2.45) is 5.92 Å². The first kappa shape index (κ1) is 22.5. The van der Waals surface area contributed by atoms with Gasteiger partial charge in [-0.2, -0.15) is 13.2 Å². The predicted molar refractivity (Wildman–Crippen MR) is 114 cm³/mol. The van der Waals surface area contributed by atoms with Gasteiger partial charge in [-0.1, -0.05) is 24.3 Å². The van der Waals surface area contributed by atoms with Crippen molar-refractivity contribution in [3.8, 4) is 11.1 Å². The molecule has 5 rings (SSSR count). The minimum atomic E-state index is -4.61. The molecule has 0 unspecified atom stereocenters. The number of pyridine rings is 1. The highest BCUT2D eigenvalue weighted by atomic mass is 19.4. The minimum Gasteiger partial charge on any atom is -0.373 e. The number of benzene rings is 2. The highest BCUT2D eigenvalue weighted by molar-refractivity contribution is 5.94. The molecule has 9 heteroatoms. The smallest absolute Gasteiger partial charge is 0.373 e. The van der Waals surface area contributed by atoms with Crippen molar-refractivity contribution in [2.45, 2.75) is 37.1 Å². The van der Waals surface area contributed by atoms with Crippen molar-refractivity contribution >= 4 is 11.6 Å². The van der Waals surface area contributed by atoms with Gasteiger partial charge >= 0.3 is 6.18 Å². The summed E-state index contributed by atoms with van der Waals surface area (Å²) in [6, 6.07) is 13.3. The molecule has 1 aromatic heterocycles. The van der Waals surface area contributed by atoms with Crippen LogP contribution in [-0.4, -0.2) is 23.1 Å². The van der Waals surface area contributed by atoms with E-state index in [1.54, 1.807) is 6.07 Å². The van der Waals surface area contributed by atoms with E-state index in [-0.39, 0.29) is 22.5 Å². The molecule has 3 aromatic rings. The molecule has 176 valence electrons. The second-order valence-electron chi connectivity index (χ2n) is 8.45. The Bertz CT molecular complexity index is 1250. The molecule has 1 amide bonds. The summed E-state index contributed by atoms with van der Waals surface area (Å²) < 4.78 is 74.1. The molecule has 2 aliphatic heterocycles. The van der Waals surface area contributed by atoms with Crippen LogP contribution in [0.1, 0.15) is 30.1 Å². The predicted octanol–water partition coefficient (Wildman–Crippen LogP) is 5.95. The van der Waals surface area contributed by atoms with Crippen molar-refractivity contribution in [1.29, 1.82) is 0 Å². The summed E-state index contributed by atoms with van der Waals surface area (Å²) in [5.74, 6) is -3.21. The van der Waals surface area contributed by atoms with Gasteiger partial charge in [-0.05, 0) is 49.2 Å². The van der Waals surface area contributed by atoms with Crippen LogP contribution >= 0.6 is 0 Å². The Labute approximate surface area is 191 Å². The monoisotopic (exact) mass is 474 g/mol. The fourth-order valence-electron chi connectivity index (χ4n) is 4.90. The van der Waals surface area contributed by atoms with Crippen molar-refractivity contribution in [3.05, 3.63) is 83.7 Å². The fraction of sp³-hybridized carbons (Fsp3) is 0.280. The lowest BCUT2D eigenvalue weighted by Crippen LogP contribution is -2.36. The lowest BCUT2D eigenvalue weighted by atomic mass is 9.76. The summed E-state index contributed by atoms with van der Waals surface area (Å²) in [6.45, 7) is 0. The summed E-state index contributed by atoms with van der Waals surface area (Å²) >= 11 is 0. The van der Waals surface area contributed by atoms with Gasteiger partial charge in [0.05, 0.1) is 18.1 Å². The van der Waals surface area contributed by atoms with Crippen molar-refractivity contribution in [1.82, 2.24) is 4.98 Å². The molecule has 4 atom stereocenters. The van der Waals surface area contributed by atoms with Gasteiger partial charge in [0.15, 0.2) is 0 Å². The molecule has 4 nitrogen and oxygen atoms in total. The number of amides is 1. The normalized spacial score (nSPS) is 23.8. The van der Waals surface area contributed by atoms with Crippen LogP contribution in [0, 0.1) is 17.6 Å². The van der Waals surface area contributed by atoms with Crippen molar-refractivity contribution < 1.29 is 31.5 Å². The van der Waals surface area contributed by atoms with Crippen molar-refractivity contribution in [2.75, 3.05) is 5.32 Å². The van der Waals surface area contributed by atoms with Gasteiger partial charge in [0.25, 0.3) is 0 Å². The topological polar surface area (TPSA) is 51.2 Å². The molecule has 3 heterocycles. The Hall–Kier alpha value is -3.33. The van der Waals surface area contributed by atoms with E-state index in [2.05, 4.69) is 10.3 Å². The van der Waals surface area contributed by atoms with Gasteiger partial charge in [0, 0.05) is 28.4 Å². The third kappa shape index (κ3) is 4.04. The molecule has 0 radical (unpaired) electrons. The van der Waals surface area contributed by atoms with Gasteiger partial charge < -0.3 is 10.1 Å². The van der Waals surface area contributed by atoms with Gasteiger partial charge in [-0.25, -0.2) is 13.8 Å². The molecule has 0 saturated carbocycles. The van der Waals surface area contributed by atoms with E-state index in [0.717, 1.165) is 12.1 Å². The quantitative estimate of drug-likeness (QED) is 0.476. The molecule has 2 aromatic carbocycles. The summed E-state index contributed by atoms with van der Waals surface area (Å²) in [4.78, 5) is 16.9. The van der Waals surface area contributed by atoms with E-state index in [9.17, 15) is 26.7 Å². The summed E-state index contributed by atoms with van der Waals surface area (Å²) in [5, 5.41) is 2.64. The lowest BCUT2D eigenvalue weighted by molar-refractivity contribution is -0.141. The number of carbonyl (C=O) groups excluding carboxylic acids is 1. The number of anilines is 1. The van der Waals surface area contributed by atoms with E-state index in [4.69, 9.17) is 4.74 Å². The van der Waals surface area contributed by atoms with Gasteiger partial charge in [0.2, 0.25) is 5.91 Å². The van der Waals surface area contributed by atoms with Crippen molar-refractivity contribution in [3.63, 3.8) is 0 Å². The third-order valence-corrected chi connectivity index (χ3v) is 6.38. The summed E-state index contributed by atoms with van der Waals surface area (Å²) in [7, 11) is 0. The number of rotatable bonds is 4. The van der Waals surface area contributed by atoms with Crippen LogP contribution in [0.25, 0.3) is 11.1 Å². The Kier molecular flexibility index (Phi) is 5.59. The first-order valence-electron chi connectivity index (χ1n) is 10.8. The van der Waals surface area contributed by atoms with Crippen LogP contribution in [0.4, 0.5) is 27.6 Å². The Morgan fingerprint density at radius 2 is 1.65 bits per heavy atom. The molecule has 0 spiro atoms. The number of nitrogens with one attached hydrogen (secondary N) is 1. The highest BCUT2D eigenvalue weighted by Gasteiger charge is 2.53. The van der Waals surface area contributed by atoms with Crippen LogP contribution in [-0.2, 0) is 15.7 Å². The van der Waals surface area contributed by atoms with E-state index in [1.165, 1.54) is 42.5 Å². The largest absolute Gasteiger partial charge is 0.433 e. The molecular formula is C25H19F5N2O2. The average molecular weight is 474 g/mol. The molecule has 2 bridgehead atoms. The Morgan fingerprint density at radius 3 is 2.38 bits per heavy atom. The lowest BCUT2D eigenvalue weighted by Gasteiger charge is -2.27. The zero-order valence-electron chi connectivity index (χ0n) is 17.7. The SMILES string of the molecule is O=C(Nc1ccc(-c2ccccc2F)c(F)c1)[C@@H]1[C@H](c2cccc(C(F)(F)F)n2)[C@@H]2CC[C@H]1O2. The minimum absolute atomic E-state index is 0.0467. The highest BCUT2D eigenvalue weighted by Crippen LogP contribution is 2.49. The number of halogens is 5. The Balaban J connectivity index is 1.40. The first-order chi connectivity index (χ1) is 16.2. The second-order valence-corrected chi connectivity index (χ2v) is 8.45. The molecule has 2 aliphatic rings. The average Bonchev–Trinajstić information content (AvgIpc) is 3.41. The number of hydrogen-bond acceptors (Lipinski definition) is 3. The number of hydrogen-bond donors (Lipinski definition) is 1. The van der Waals surface area contributed by atoms with Gasteiger partial charge in [-0.15, -0.1) is 0 Å². The first-order valence-corrected chi connectivity index (χ1v) is 10.8. The zero-order chi connectivity index (χ0) is 24.0. The molecule has 0 aliphatic carbocycles.